The number of hydrogen-bond donors (Lipinski definition) is 1. The molecule has 2 aromatic rings. The van der Waals surface area contributed by atoms with E-state index in [1.54, 1.807) is 0 Å². The third kappa shape index (κ3) is 7.03. The first-order chi connectivity index (χ1) is 12.7. The number of rotatable bonds is 13. The van der Waals surface area contributed by atoms with Crippen molar-refractivity contribution in [2.24, 2.45) is 0 Å². The molecule has 0 aliphatic rings. The zero-order chi connectivity index (χ0) is 18.6. The molecule has 4 heteroatoms. The largest absolute Gasteiger partial charge is 0.369 e. The minimum absolute atomic E-state index is 0.599. The molecule has 0 aliphatic heterocycles. The van der Waals surface area contributed by atoms with E-state index in [1.807, 2.05) is 30.5 Å². The first-order valence-electron chi connectivity index (χ1n) is 10.3. The average molecular weight is 376 g/mol. The Bertz CT molecular complexity index is 619. The van der Waals surface area contributed by atoms with E-state index >= 15 is 0 Å². The number of nitrogen functional groups attached to an aromatic ring is 1. The van der Waals surface area contributed by atoms with Crippen LogP contribution in [0.15, 0.2) is 30.5 Å². The van der Waals surface area contributed by atoms with Gasteiger partial charge < -0.3 is 10.3 Å². The van der Waals surface area contributed by atoms with Crippen LogP contribution in [-0.4, -0.2) is 9.55 Å². The number of halogens is 1. The monoisotopic (exact) mass is 375 g/mol. The lowest BCUT2D eigenvalue weighted by atomic mass is 10.1. The summed E-state index contributed by atoms with van der Waals surface area (Å²) in [4.78, 5) is 4.29. The van der Waals surface area contributed by atoms with Crippen molar-refractivity contribution in [3.8, 4) is 11.3 Å². The number of nitrogens with two attached hydrogens (primary N) is 1. The van der Waals surface area contributed by atoms with Crippen LogP contribution in [0.2, 0.25) is 5.02 Å². The molecule has 0 aliphatic carbocycles. The Morgan fingerprint density at radius 3 is 1.96 bits per heavy atom. The van der Waals surface area contributed by atoms with Crippen LogP contribution in [0.1, 0.15) is 77.6 Å². The van der Waals surface area contributed by atoms with Crippen LogP contribution < -0.4 is 5.73 Å². The normalized spacial score (nSPS) is 11.2. The number of nitrogens with zero attached hydrogens (tertiary/aromatic N) is 2. The van der Waals surface area contributed by atoms with E-state index < -0.39 is 0 Å². The summed E-state index contributed by atoms with van der Waals surface area (Å²) in [6.45, 7) is 3.20. The summed E-state index contributed by atoms with van der Waals surface area (Å²) >= 11 is 5.98. The van der Waals surface area contributed by atoms with Gasteiger partial charge in [-0.2, -0.15) is 0 Å². The Kier molecular flexibility index (Phi) is 9.62. The summed E-state index contributed by atoms with van der Waals surface area (Å²) < 4.78 is 2.12. The van der Waals surface area contributed by atoms with Gasteiger partial charge in [-0.1, -0.05) is 94.9 Å². The second-order valence-electron chi connectivity index (χ2n) is 7.20. The van der Waals surface area contributed by atoms with Gasteiger partial charge >= 0.3 is 0 Å². The molecule has 26 heavy (non-hydrogen) atoms. The third-order valence-electron chi connectivity index (χ3n) is 5.01. The number of unbranched alkanes of at least 4 members (excludes halogenated alkanes) is 10. The molecule has 0 atom stereocenters. The lowest BCUT2D eigenvalue weighted by molar-refractivity contribution is 0.534. The van der Waals surface area contributed by atoms with E-state index in [0.717, 1.165) is 29.2 Å². The quantitative estimate of drug-likeness (QED) is 0.379. The molecule has 0 saturated carbocycles. The Hall–Kier alpha value is -1.48. The average Bonchev–Trinajstić information content (AvgIpc) is 3.01. The second kappa shape index (κ2) is 12.0. The van der Waals surface area contributed by atoms with E-state index in [2.05, 4.69) is 16.5 Å². The SMILES string of the molecule is CCCCCCCCCCCCCn1c(-c2ccc(Cl)cc2)cnc1N. The lowest BCUT2D eigenvalue weighted by Gasteiger charge is -2.10. The molecule has 0 bridgehead atoms. The van der Waals surface area contributed by atoms with Crippen molar-refractivity contribution in [2.45, 2.75) is 84.1 Å². The maximum absolute atomic E-state index is 6.06. The van der Waals surface area contributed by atoms with Crippen LogP contribution in [0.4, 0.5) is 5.95 Å². The molecule has 3 nitrogen and oxygen atoms in total. The van der Waals surface area contributed by atoms with Gasteiger partial charge in [-0.15, -0.1) is 0 Å². The molecule has 0 fully saturated rings. The molecule has 144 valence electrons. The zero-order valence-corrected chi connectivity index (χ0v) is 17.0. The molecule has 0 amide bonds. The van der Waals surface area contributed by atoms with E-state index in [-0.39, 0.29) is 0 Å². The number of anilines is 1. The summed E-state index contributed by atoms with van der Waals surface area (Å²) in [5.74, 6) is 0.599. The minimum Gasteiger partial charge on any atom is -0.369 e. The molecule has 2 N–H and O–H groups in total. The summed E-state index contributed by atoms with van der Waals surface area (Å²) in [6, 6.07) is 7.87. The molecule has 1 heterocycles. The van der Waals surface area contributed by atoms with E-state index in [4.69, 9.17) is 17.3 Å². The van der Waals surface area contributed by atoms with Gasteiger partial charge in [0.25, 0.3) is 0 Å². The number of imidazole rings is 1. The van der Waals surface area contributed by atoms with Crippen molar-refractivity contribution in [3.05, 3.63) is 35.5 Å². The highest BCUT2D eigenvalue weighted by Crippen LogP contribution is 2.24. The van der Waals surface area contributed by atoms with Gasteiger partial charge in [-0.25, -0.2) is 4.98 Å². The molecule has 0 saturated heterocycles. The van der Waals surface area contributed by atoms with Crippen LogP contribution in [0.3, 0.4) is 0 Å². The van der Waals surface area contributed by atoms with Gasteiger partial charge in [-0.3, -0.25) is 0 Å². The van der Waals surface area contributed by atoms with Crippen molar-refractivity contribution >= 4 is 17.5 Å². The first kappa shape index (κ1) is 20.8. The zero-order valence-electron chi connectivity index (χ0n) is 16.2. The molecule has 2 rings (SSSR count). The second-order valence-corrected chi connectivity index (χ2v) is 7.63. The van der Waals surface area contributed by atoms with Crippen LogP contribution in [0, 0.1) is 0 Å². The van der Waals surface area contributed by atoms with Gasteiger partial charge in [0, 0.05) is 11.6 Å². The van der Waals surface area contributed by atoms with Crippen molar-refractivity contribution in [1.82, 2.24) is 9.55 Å². The first-order valence-corrected chi connectivity index (χ1v) is 10.7. The van der Waals surface area contributed by atoms with Crippen LogP contribution in [0.5, 0.6) is 0 Å². The topological polar surface area (TPSA) is 43.8 Å². The van der Waals surface area contributed by atoms with Crippen molar-refractivity contribution in [1.29, 1.82) is 0 Å². The highest BCUT2D eigenvalue weighted by molar-refractivity contribution is 6.30. The fourth-order valence-corrected chi connectivity index (χ4v) is 3.54. The molecule has 1 aromatic carbocycles. The Morgan fingerprint density at radius 2 is 1.38 bits per heavy atom. The molecule has 0 unspecified atom stereocenters. The van der Waals surface area contributed by atoms with Gasteiger partial charge in [0.1, 0.15) is 0 Å². The minimum atomic E-state index is 0.599. The lowest BCUT2D eigenvalue weighted by Crippen LogP contribution is -2.05. The number of benzene rings is 1. The van der Waals surface area contributed by atoms with E-state index in [0.29, 0.717) is 5.95 Å². The van der Waals surface area contributed by atoms with Crippen LogP contribution in [-0.2, 0) is 6.54 Å². The van der Waals surface area contributed by atoms with Crippen molar-refractivity contribution < 1.29 is 0 Å². The maximum Gasteiger partial charge on any atom is 0.200 e. The smallest absolute Gasteiger partial charge is 0.200 e. The highest BCUT2D eigenvalue weighted by atomic mass is 35.5. The fraction of sp³-hybridized carbons (Fsp3) is 0.591. The standard InChI is InChI=1S/C22H34ClN3/c1-2-3-4-5-6-7-8-9-10-11-12-17-26-21(18-25-22(26)24)19-13-15-20(23)16-14-19/h13-16,18H,2-12,17H2,1H3,(H2,24,25). The van der Waals surface area contributed by atoms with Crippen molar-refractivity contribution in [2.75, 3.05) is 5.73 Å². The molecule has 0 radical (unpaired) electrons. The highest BCUT2D eigenvalue weighted by Gasteiger charge is 2.09. The van der Waals surface area contributed by atoms with Gasteiger partial charge in [0.2, 0.25) is 5.95 Å². The predicted molar refractivity (Wildman–Crippen MR) is 114 cm³/mol. The Balaban J connectivity index is 1.64. The van der Waals surface area contributed by atoms with Crippen LogP contribution in [0.25, 0.3) is 11.3 Å². The summed E-state index contributed by atoms with van der Waals surface area (Å²) in [7, 11) is 0. The maximum atomic E-state index is 6.06. The molecular formula is C22H34ClN3. The third-order valence-corrected chi connectivity index (χ3v) is 5.26. The summed E-state index contributed by atoms with van der Waals surface area (Å²) in [6.07, 6.45) is 16.7. The van der Waals surface area contributed by atoms with Crippen molar-refractivity contribution in [3.63, 3.8) is 0 Å². The molecular weight excluding hydrogens is 342 g/mol. The van der Waals surface area contributed by atoms with E-state index in [9.17, 15) is 0 Å². The van der Waals surface area contributed by atoms with E-state index in [1.165, 1.54) is 64.2 Å². The Labute approximate surface area is 164 Å². The van der Waals surface area contributed by atoms with Gasteiger partial charge in [0.05, 0.1) is 11.9 Å². The molecule has 1 aromatic heterocycles. The predicted octanol–water partition coefficient (Wildman–Crippen LogP) is 7.10. The Morgan fingerprint density at radius 1 is 0.846 bits per heavy atom. The summed E-state index contributed by atoms with van der Waals surface area (Å²) in [5, 5.41) is 0.748. The number of hydrogen-bond acceptors (Lipinski definition) is 2. The fourth-order valence-electron chi connectivity index (χ4n) is 3.41. The van der Waals surface area contributed by atoms with Gasteiger partial charge in [-0.05, 0) is 24.1 Å². The summed E-state index contributed by atoms with van der Waals surface area (Å²) in [5.41, 5.74) is 8.25. The molecule has 0 spiro atoms. The van der Waals surface area contributed by atoms with Crippen LogP contribution >= 0.6 is 11.6 Å². The van der Waals surface area contributed by atoms with Gasteiger partial charge in [0.15, 0.2) is 0 Å². The number of aromatic nitrogens is 2.